The summed E-state index contributed by atoms with van der Waals surface area (Å²) in [7, 11) is 0. The van der Waals surface area contributed by atoms with Crippen LogP contribution in [0.1, 0.15) is 32.6 Å². The molecule has 2 aromatic heterocycles. The topological polar surface area (TPSA) is 156 Å². The van der Waals surface area contributed by atoms with Gasteiger partial charge in [-0.05, 0) is 32.9 Å². The second-order valence-electron chi connectivity index (χ2n) is 7.50. The Morgan fingerprint density at radius 2 is 2.19 bits per heavy atom. The summed E-state index contributed by atoms with van der Waals surface area (Å²) in [6.45, 7) is 4.47. The maximum atomic E-state index is 12.0. The standard InChI is InChI=1S/C17H21N5O5/c1-16(2,3)15(25)26-7-17(6-18)13(24)11(23)12(27-17)9-4-5-10-14(19)20-8-21-22(9)10/h4-5,8,11-13,23-24H,7H2,1-3H3,(H2,19,20,21)/t11-,12-,13-,17+/m0/s1. The first kappa shape index (κ1) is 19.0. The van der Waals surface area contributed by atoms with Crippen molar-refractivity contribution in [3.63, 3.8) is 0 Å². The SMILES string of the molecule is CC(C)(C)C(=O)OC[C@@]1(C#N)O[C@@H](c2ccc3c(N)ncnn23)[C@H](O)[C@@H]1O. The van der Waals surface area contributed by atoms with Crippen LogP contribution >= 0.6 is 0 Å². The van der Waals surface area contributed by atoms with E-state index in [-0.39, 0.29) is 5.82 Å². The van der Waals surface area contributed by atoms with Gasteiger partial charge in [-0.25, -0.2) is 9.50 Å². The number of aliphatic hydroxyl groups excluding tert-OH is 2. The lowest BCUT2D eigenvalue weighted by Crippen LogP contribution is -2.47. The number of nitrogen functional groups attached to an aromatic ring is 1. The van der Waals surface area contributed by atoms with Crippen molar-refractivity contribution in [3.8, 4) is 6.07 Å². The van der Waals surface area contributed by atoms with Gasteiger partial charge in [0, 0.05) is 0 Å². The number of hydrogen-bond donors (Lipinski definition) is 3. The van der Waals surface area contributed by atoms with Crippen LogP contribution in [0, 0.1) is 16.7 Å². The quantitative estimate of drug-likeness (QED) is 0.626. The second kappa shape index (κ2) is 6.45. The molecule has 3 rings (SSSR count). The molecule has 3 heterocycles. The van der Waals surface area contributed by atoms with E-state index in [9.17, 15) is 20.3 Å². The van der Waals surface area contributed by atoms with E-state index < -0.39 is 41.9 Å². The molecule has 0 amide bonds. The minimum absolute atomic E-state index is 0.231. The highest BCUT2D eigenvalue weighted by Gasteiger charge is 2.57. The van der Waals surface area contributed by atoms with Crippen LogP contribution in [0.3, 0.4) is 0 Å². The van der Waals surface area contributed by atoms with Crippen molar-refractivity contribution in [3.05, 3.63) is 24.2 Å². The Morgan fingerprint density at radius 1 is 1.48 bits per heavy atom. The monoisotopic (exact) mass is 375 g/mol. The minimum atomic E-state index is -1.91. The third-order valence-electron chi connectivity index (χ3n) is 4.47. The van der Waals surface area contributed by atoms with Gasteiger partial charge in [0.2, 0.25) is 5.60 Å². The Labute approximate surface area is 155 Å². The van der Waals surface area contributed by atoms with Crippen LogP contribution in [0.15, 0.2) is 18.5 Å². The summed E-state index contributed by atoms with van der Waals surface area (Å²) in [5.41, 5.74) is 3.97. The average Bonchev–Trinajstić information content (AvgIpc) is 3.14. The molecule has 4 N–H and O–H groups in total. The number of rotatable bonds is 3. The minimum Gasteiger partial charge on any atom is -0.461 e. The average molecular weight is 375 g/mol. The molecule has 0 bridgehead atoms. The molecule has 1 saturated heterocycles. The van der Waals surface area contributed by atoms with Gasteiger partial charge in [-0.3, -0.25) is 4.79 Å². The third-order valence-corrected chi connectivity index (χ3v) is 4.47. The fourth-order valence-corrected chi connectivity index (χ4v) is 2.86. The number of nitrogens with two attached hydrogens (primary N) is 1. The van der Waals surface area contributed by atoms with Crippen molar-refractivity contribution >= 4 is 17.3 Å². The van der Waals surface area contributed by atoms with Crippen molar-refractivity contribution in [2.75, 3.05) is 12.3 Å². The van der Waals surface area contributed by atoms with E-state index in [4.69, 9.17) is 15.2 Å². The Morgan fingerprint density at radius 3 is 2.81 bits per heavy atom. The Hall–Kier alpha value is -2.74. The molecule has 10 nitrogen and oxygen atoms in total. The van der Waals surface area contributed by atoms with Gasteiger partial charge in [0.15, 0.2) is 5.82 Å². The number of hydrogen-bond acceptors (Lipinski definition) is 9. The predicted octanol–water partition coefficient (Wildman–Crippen LogP) is -0.0437. The number of carbonyl (C=O) groups is 1. The Kier molecular flexibility index (Phi) is 4.55. The zero-order chi connectivity index (χ0) is 20.0. The molecule has 0 aromatic carbocycles. The van der Waals surface area contributed by atoms with Crippen LogP contribution < -0.4 is 5.73 Å². The summed E-state index contributed by atoms with van der Waals surface area (Å²) in [4.78, 5) is 15.9. The van der Waals surface area contributed by atoms with Gasteiger partial charge in [0.05, 0.1) is 11.1 Å². The highest BCUT2D eigenvalue weighted by molar-refractivity contribution is 5.75. The van der Waals surface area contributed by atoms with E-state index in [1.165, 1.54) is 10.8 Å². The zero-order valence-corrected chi connectivity index (χ0v) is 15.2. The van der Waals surface area contributed by atoms with Crippen LogP contribution in [-0.2, 0) is 14.3 Å². The van der Waals surface area contributed by atoms with E-state index in [1.807, 2.05) is 6.07 Å². The number of nitriles is 1. The van der Waals surface area contributed by atoms with E-state index >= 15 is 0 Å². The lowest BCUT2D eigenvalue weighted by molar-refractivity contribution is -0.163. The summed E-state index contributed by atoms with van der Waals surface area (Å²) in [6.07, 6.45) is -2.87. The summed E-state index contributed by atoms with van der Waals surface area (Å²) in [5, 5.41) is 34.6. The Bertz CT molecular complexity index is 915. The fraction of sp³-hybridized carbons (Fsp3) is 0.529. The van der Waals surface area contributed by atoms with E-state index in [1.54, 1.807) is 32.9 Å². The predicted molar refractivity (Wildman–Crippen MR) is 92.0 cm³/mol. The third kappa shape index (κ3) is 3.10. The number of aliphatic hydroxyl groups is 2. The molecule has 0 spiro atoms. The number of fused-ring (bicyclic) bond motifs is 1. The van der Waals surface area contributed by atoms with Gasteiger partial charge in [0.1, 0.15) is 42.8 Å². The fourth-order valence-electron chi connectivity index (χ4n) is 2.86. The molecule has 1 fully saturated rings. The number of esters is 1. The zero-order valence-electron chi connectivity index (χ0n) is 15.2. The van der Waals surface area contributed by atoms with Gasteiger partial charge in [-0.2, -0.15) is 10.4 Å². The van der Waals surface area contributed by atoms with Crippen LogP contribution in [0.25, 0.3) is 5.52 Å². The van der Waals surface area contributed by atoms with Crippen molar-refractivity contribution in [1.82, 2.24) is 14.6 Å². The summed E-state index contributed by atoms with van der Waals surface area (Å²) in [5.74, 6) is -0.325. The first-order chi connectivity index (χ1) is 12.6. The normalized spacial score (nSPS) is 28.2. The first-order valence-electron chi connectivity index (χ1n) is 8.31. The Balaban J connectivity index is 1.91. The van der Waals surface area contributed by atoms with Crippen molar-refractivity contribution in [1.29, 1.82) is 5.26 Å². The molecule has 144 valence electrons. The summed E-state index contributed by atoms with van der Waals surface area (Å²) in [6, 6.07) is 5.08. The van der Waals surface area contributed by atoms with E-state index in [0.717, 1.165) is 0 Å². The molecular weight excluding hydrogens is 354 g/mol. The highest BCUT2D eigenvalue weighted by Crippen LogP contribution is 2.41. The lowest BCUT2D eigenvalue weighted by atomic mass is 9.95. The van der Waals surface area contributed by atoms with Crippen molar-refractivity contribution in [2.45, 2.75) is 44.7 Å². The molecule has 0 radical (unpaired) electrons. The maximum absolute atomic E-state index is 12.0. The largest absolute Gasteiger partial charge is 0.461 e. The number of ether oxygens (including phenoxy) is 2. The number of anilines is 1. The molecular formula is C17H21N5O5. The van der Waals surface area contributed by atoms with Crippen LogP contribution in [0.2, 0.25) is 0 Å². The summed E-state index contributed by atoms with van der Waals surface area (Å²) >= 11 is 0. The number of carbonyl (C=O) groups excluding carboxylic acids is 1. The molecule has 1 aliphatic heterocycles. The molecule has 2 aromatic rings. The van der Waals surface area contributed by atoms with Gasteiger partial charge >= 0.3 is 5.97 Å². The molecule has 0 unspecified atom stereocenters. The summed E-state index contributed by atoms with van der Waals surface area (Å²) < 4.78 is 12.3. The maximum Gasteiger partial charge on any atom is 0.311 e. The number of aromatic nitrogens is 3. The first-order valence-corrected chi connectivity index (χ1v) is 8.31. The van der Waals surface area contributed by atoms with E-state index in [2.05, 4.69) is 10.1 Å². The number of nitrogens with zero attached hydrogens (tertiary/aromatic N) is 4. The van der Waals surface area contributed by atoms with Gasteiger partial charge in [-0.1, -0.05) is 0 Å². The van der Waals surface area contributed by atoms with Gasteiger partial charge in [0.25, 0.3) is 0 Å². The molecule has 10 heteroatoms. The smallest absolute Gasteiger partial charge is 0.311 e. The molecule has 0 saturated carbocycles. The molecule has 1 aliphatic rings. The van der Waals surface area contributed by atoms with Crippen LogP contribution in [0.5, 0.6) is 0 Å². The van der Waals surface area contributed by atoms with E-state index in [0.29, 0.717) is 11.2 Å². The van der Waals surface area contributed by atoms with Gasteiger partial charge < -0.3 is 25.4 Å². The van der Waals surface area contributed by atoms with Crippen molar-refractivity contribution < 1.29 is 24.5 Å². The van der Waals surface area contributed by atoms with Crippen LogP contribution in [-0.4, -0.2) is 55.2 Å². The van der Waals surface area contributed by atoms with Crippen LogP contribution in [0.4, 0.5) is 5.82 Å². The van der Waals surface area contributed by atoms with Crippen molar-refractivity contribution in [2.24, 2.45) is 5.41 Å². The molecule has 27 heavy (non-hydrogen) atoms. The highest BCUT2D eigenvalue weighted by atomic mass is 16.6. The lowest BCUT2D eigenvalue weighted by Gasteiger charge is -2.26. The second-order valence-corrected chi connectivity index (χ2v) is 7.50. The van der Waals surface area contributed by atoms with Gasteiger partial charge in [-0.15, -0.1) is 0 Å². The molecule has 0 aliphatic carbocycles. The molecule has 4 atom stereocenters.